The van der Waals surface area contributed by atoms with Gasteiger partial charge in [0.25, 0.3) is 6.01 Å². The number of benzene rings is 2. The van der Waals surface area contributed by atoms with Gasteiger partial charge in [0.2, 0.25) is 11.8 Å². The minimum Gasteiger partial charge on any atom is -0.497 e. The van der Waals surface area contributed by atoms with Crippen LogP contribution in [0.3, 0.4) is 0 Å². The van der Waals surface area contributed by atoms with Crippen molar-refractivity contribution < 1.29 is 18.7 Å². The zero-order valence-corrected chi connectivity index (χ0v) is 22.9. The first-order valence-electron chi connectivity index (χ1n) is 13.3. The molecule has 1 aromatic heterocycles. The lowest BCUT2D eigenvalue weighted by molar-refractivity contribution is -0.132. The van der Waals surface area contributed by atoms with Crippen LogP contribution in [-0.4, -0.2) is 73.0 Å². The quantitative estimate of drug-likeness (QED) is 0.431. The smallest absolute Gasteiger partial charge is 0.348 e. The van der Waals surface area contributed by atoms with Crippen LogP contribution in [0.5, 0.6) is 5.75 Å². The Labute approximate surface area is 227 Å². The average Bonchev–Trinajstić information content (AvgIpc) is 3.36. The highest BCUT2D eigenvalue weighted by molar-refractivity contribution is 5.95. The summed E-state index contributed by atoms with van der Waals surface area (Å²) in [6.45, 7) is 3.84. The van der Waals surface area contributed by atoms with Crippen LogP contribution < -0.4 is 21.0 Å². The maximum atomic E-state index is 13.7. The number of nitrogens with one attached hydrogen (secondary N) is 2. The van der Waals surface area contributed by atoms with Gasteiger partial charge in [-0.25, -0.2) is 4.79 Å². The first kappa shape index (κ1) is 26.7. The van der Waals surface area contributed by atoms with Crippen molar-refractivity contribution in [3.63, 3.8) is 0 Å². The summed E-state index contributed by atoms with van der Waals surface area (Å²) in [4.78, 5) is 47.2. The Morgan fingerprint density at radius 1 is 1.15 bits per heavy atom. The number of hydrogen-bond donors (Lipinski definition) is 2. The Morgan fingerprint density at radius 3 is 2.54 bits per heavy atom. The van der Waals surface area contributed by atoms with Crippen molar-refractivity contribution in [1.82, 2.24) is 20.1 Å². The molecule has 3 aromatic rings. The molecule has 5 rings (SSSR count). The van der Waals surface area contributed by atoms with Crippen molar-refractivity contribution in [1.29, 1.82) is 0 Å². The fourth-order valence-electron chi connectivity index (χ4n) is 5.47. The number of methoxy groups -OCH3 is 1. The Balaban J connectivity index is 1.42. The monoisotopic (exact) mass is 533 g/mol. The summed E-state index contributed by atoms with van der Waals surface area (Å²) in [6.07, 6.45) is 2.54. The standard InChI is InChI=1S/C29H35N5O5/c1-18-20(16-30-24(35)17-33(2)3)9-12-23-25(18)26(36)39-28(31-23)32-29(27(37)34-13-5-6-14-34)15-22(29)19-7-10-21(38-4)11-8-19/h7-12,22H,5-6,13-17H2,1-4H3,(H,30,35)(H,31,32). The van der Waals surface area contributed by atoms with Gasteiger partial charge in [0, 0.05) is 25.6 Å². The number of aryl methyl sites for hydroxylation is 1. The summed E-state index contributed by atoms with van der Waals surface area (Å²) in [6, 6.07) is 11.3. The number of anilines is 1. The maximum absolute atomic E-state index is 13.7. The van der Waals surface area contributed by atoms with Crippen molar-refractivity contribution in [3.05, 3.63) is 63.5 Å². The Hall–Kier alpha value is -3.92. The molecule has 10 nitrogen and oxygen atoms in total. The highest BCUT2D eigenvalue weighted by Gasteiger charge is 2.63. The molecule has 2 N–H and O–H groups in total. The zero-order chi connectivity index (χ0) is 27.7. The van der Waals surface area contributed by atoms with Gasteiger partial charge in [0.1, 0.15) is 11.3 Å². The summed E-state index contributed by atoms with van der Waals surface area (Å²) in [7, 11) is 5.27. The van der Waals surface area contributed by atoms with E-state index in [9.17, 15) is 14.4 Å². The third-order valence-electron chi connectivity index (χ3n) is 7.69. The van der Waals surface area contributed by atoms with E-state index in [1.807, 2.05) is 56.3 Å². The molecule has 1 saturated carbocycles. The van der Waals surface area contributed by atoms with Crippen LogP contribution in [0, 0.1) is 6.92 Å². The molecule has 2 aromatic carbocycles. The minimum atomic E-state index is -0.929. The van der Waals surface area contributed by atoms with E-state index in [1.54, 1.807) is 18.1 Å². The Morgan fingerprint density at radius 2 is 1.87 bits per heavy atom. The minimum absolute atomic E-state index is 0.00496. The molecule has 10 heteroatoms. The molecular weight excluding hydrogens is 498 g/mol. The van der Waals surface area contributed by atoms with Crippen LogP contribution in [0.4, 0.5) is 6.01 Å². The van der Waals surface area contributed by atoms with E-state index in [0.29, 0.717) is 29.4 Å². The second kappa shape index (κ2) is 10.7. The first-order valence-corrected chi connectivity index (χ1v) is 13.3. The van der Waals surface area contributed by atoms with Crippen LogP contribution in [0.15, 0.2) is 45.6 Å². The summed E-state index contributed by atoms with van der Waals surface area (Å²) in [5, 5.41) is 6.49. The predicted octanol–water partition coefficient (Wildman–Crippen LogP) is 2.64. The number of carbonyl (C=O) groups is 2. The van der Waals surface area contributed by atoms with Gasteiger partial charge in [-0.05, 0) is 75.2 Å². The number of likely N-dealkylation sites (tertiary alicyclic amines) is 1. The molecule has 1 saturated heterocycles. The molecule has 2 aliphatic rings. The molecular formula is C29H35N5O5. The number of fused-ring (bicyclic) bond motifs is 1. The second-order valence-corrected chi connectivity index (χ2v) is 10.7. The van der Waals surface area contributed by atoms with Crippen LogP contribution in [0.25, 0.3) is 10.9 Å². The van der Waals surface area contributed by atoms with E-state index in [1.165, 1.54) is 0 Å². The van der Waals surface area contributed by atoms with Crippen molar-refractivity contribution in [3.8, 4) is 5.75 Å². The van der Waals surface area contributed by atoms with E-state index in [0.717, 1.165) is 42.8 Å². The summed E-state index contributed by atoms with van der Waals surface area (Å²) >= 11 is 0. The van der Waals surface area contributed by atoms with Crippen LogP contribution >= 0.6 is 0 Å². The molecule has 2 unspecified atom stereocenters. The van der Waals surface area contributed by atoms with E-state index >= 15 is 0 Å². The zero-order valence-electron chi connectivity index (χ0n) is 22.9. The number of hydrogen-bond acceptors (Lipinski definition) is 8. The maximum Gasteiger partial charge on any atom is 0.348 e. The molecule has 2 atom stereocenters. The predicted molar refractivity (Wildman–Crippen MR) is 148 cm³/mol. The fraction of sp³-hybridized carbons (Fsp3) is 0.448. The molecule has 0 bridgehead atoms. The van der Waals surface area contributed by atoms with Crippen molar-refractivity contribution in [2.24, 2.45) is 0 Å². The van der Waals surface area contributed by atoms with Crippen LogP contribution in [0.1, 0.15) is 41.9 Å². The van der Waals surface area contributed by atoms with Crippen molar-refractivity contribution in [2.75, 3.05) is 46.2 Å². The molecule has 206 valence electrons. The van der Waals surface area contributed by atoms with E-state index < -0.39 is 11.2 Å². The van der Waals surface area contributed by atoms with Crippen LogP contribution in [0.2, 0.25) is 0 Å². The number of ether oxygens (including phenoxy) is 1. The number of amides is 2. The van der Waals surface area contributed by atoms with Gasteiger partial charge in [-0.2, -0.15) is 4.98 Å². The highest BCUT2D eigenvalue weighted by atomic mass is 16.5. The van der Waals surface area contributed by atoms with Crippen LogP contribution in [-0.2, 0) is 16.1 Å². The lowest BCUT2D eigenvalue weighted by Crippen LogP contribution is -2.45. The number of carbonyl (C=O) groups excluding carboxylic acids is 2. The van der Waals surface area contributed by atoms with E-state index in [-0.39, 0.29) is 30.3 Å². The topological polar surface area (TPSA) is 117 Å². The lowest BCUT2D eigenvalue weighted by Gasteiger charge is -2.25. The summed E-state index contributed by atoms with van der Waals surface area (Å²) in [5.74, 6) is 0.561. The fourth-order valence-corrected chi connectivity index (χ4v) is 5.47. The molecule has 1 aliphatic heterocycles. The van der Waals surface area contributed by atoms with Gasteiger partial charge < -0.3 is 29.6 Å². The molecule has 2 heterocycles. The lowest BCUT2D eigenvalue weighted by atomic mass is 10.0. The average molecular weight is 534 g/mol. The number of rotatable bonds is 9. The number of aromatic nitrogens is 1. The van der Waals surface area contributed by atoms with Gasteiger partial charge in [0.15, 0.2) is 0 Å². The van der Waals surface area contributed by atoms with Gasteiger partial charge in [-0.3, -0.25) is 9.59 Å². The molecule has 2 fully saturated rings. The SMILES string of the molecule is COc1ccc(C2CC2(Nc2nc3ccc(CNC(=O)CN(C)C)c(C)c3c(=O)o2)C(=O)N2CCCC2)cc1. The number of likely N-dealkylation sites (N-methyl/N-ethyl adjacent to an activating group) is 1. The largest absolute Gasteiger partial charge is 0.497 e. The van der Waals surface area contributed by atoms with Gasteiger partial charge in [-0.1, -0.05) is 18.2 Å². The van der Waals surface area contributed by atoms with E-state index in [2.05, 4.69) is 15.6 Å². The molecule has 1 aliphatic carbocycles. The first-order chi connectivity index (χ1) is 18.7. The summed E-state index contributed by atoms with van der Waals surface area (Å²) in [5.41, 5.74) is 1.53. The molecule has 0 spiro atoms. The van der Waals surface area contributed by atoms with Gasteiger partial charge in [0.05, 0.1) is 24.6 Å². The second-order valence-electron chi connectivity index (χ2n) is 10.7. The normalized spacial score (nSPS) is 20.3. The van der Waals surface area contributed by atoms with Gasteiger partial charge in [-0.15, -0.1) is 0 Å². The number of nitrogens with zero attached hydrogens (tertiary/aromatic N) is 3. The highest BCUT2D eigenvalue weighted by Crippen LogP contribution is 2.54. The Bertz CT molecular complexity index is 1440. The van der Waals surface area contributed by atoms with Gasteiger partial charge >= 0.3 is 5.63 Å². The Kier molecular flexibility index (Phi) is 7.31. The molecule has 2 amide bonds. The third kappa shape index (κ3) is 5.34. The van der Waals surface area contributed by atoms with Crippen molar-refractivity contribution >= 4 is 28.7 Å². The summed E-state index contributed by atoms with van der Waals surface area (Å²) < 4.78 is 10.9. The van der Waals surface area contributed by atoms with E-state index in [4.69, 9.17) is 9.15 Å². The van der Waals surface area contributed by atoms with Crippen molar-refractivity contribution in [2.45, 2.75) is 44.2 Å². The molecule has 0 radical (unpaired) electrons. The third-order valence-corrected chi connectivity index (χ3v) is 7.69. The molecule has 39 heavy (non-hydrogen) atoms.